The lowest BCUT2D eigenvalue weighted by Gasteiger charge is -2.08. The number of aromatic hydroxyl groups is 1. The number of hydrogen-bond acceptors (Lipinski definition) is 5. The standard InChI is InChI=1S/C16H16N4O2/c21-11-14-10-20(19-18-14)15-5-3-13(4-6-15)17-9-12-1-7-16(22)8-2-12/h1-8,10,17,21-22H,9,11H2. The largest absolute Gasteiger partial charge is 0.508 e. The van der Waals surface area contributed by atoms with Crippen LogP contribution < -0.4 is 5.32 Å². The molecular formula is C16H16N4O2. The molecule has 3 rings (SSSR count). The Bertz CT molecular complexity index is 736. The molecule has 0 spiro atoms. The van der Waals surface area contributed by atoms with Crippen LogP contribution in [0.15, 0.2) is 54.7 Å². The number of benzene rings is 2. The first-order chi connectivity index (χ1) is 10.7. The van der Waals surface area contributed by atoms with Crippen LogP contribution in [0.3, 0.4) is 0 Å². The van der Waals surface area contributed by atoms with Gasteiger partial charge in [-0.25, -0.2) is 4.68 Å². The van der Waals surface area contributed by atoms with Crippen LogP contribution in [0, 0.1) is 0 Å². The van der Waals surface area contributed by atoms with Crippen LogP contribution in [0.2, 0.25) is 0 Å². The van der Waals surface area contributed by atoms with Gasteiger partial charge in [0.2, 0.25) is 0 Å². The lowest BCUT2D eigenvalue weighted by molar-refractivity contribution is 0.276. The number of rotatable bonds is 5. The molecule has 0 amide bonds. The Kier molecular flexibility index (Phi) is 4.02. The number of nitrogens with zero attached hydrogens (tertiary/aromatic N) is 3. The van der Waals surface area contributed by atoms with E-state index in [-0.39, 0.29) is 12.4 Å². The summed E-state index contributed by atoms with van der Waals surface area (Å²) in [5, 5.41) is 29.4. The van der Waals surface area contributed by atoms with Gasteiger partial charge < -0.3 is 15.5 Å². The zero-order chi connectivity index (χ0) is 15.4. The van der Waals surface area contributed by atoms with Crippen molar-refractivity contribution in [3.8, 4) is 11.4 Å². The van der Waals surface area contributed by atoms with Crippen LogP contribution in [0.4, 0.5) is 5.69 Å². The van der Waals surface area contributed by atoms with E-state index in [2.05, 4.69) is 15.6 Å². The smallest absolute Gasteiger partial charge is 0.115 e. The minimum Gasteiger partial charge on any atom is -0.508 e. The predicted octanol–water partition coefficient (Wildman–Crippen LogP) is 2.08. The normalized spacial score (nSPS) is 10.6. The lowest BCUT2D eigenvalue weighted by Crippen LogP contribution is -2.00. The average Bonchev–Trinajstić information content (AvgIpc) is 3.04. The average molecular weight is 296 g/mol. The second kappa shape index (κ2) is 6.28. The summed E-state index contributed by atoms with van der Waals surface area (Å²) in [7, 11) is 0. The highest BCUT2D eigenvalue weighted by atomic mass is 16.3. The van der Waals surface area contributed by atoms with E-state index in [9.17, 15) is 5.11 Å². The first-order valence-corrected chi connectivity index (χ1v) is 6.89. The molecule has 2 aromatic carbocycles. The summed E-state index contributed by atoms with van der Waals surface area (Å²) in [6.07, 6.45) is 1.69. The van der Waals surface area contributed by atoms with Crippen molar-refractivity contribution in [1.82, 2.24) is 15.0 Å². The highest BCUT2D eigenvalue weighted by molar-refractivity contribution is 5.49. The zero-order valence-electron chi connectivity index (χ0n) is 11.8. The predicted molar refractivity (Wildman–Crippen MR) is 82.7 cm³/mol. The number of nitrogens with one attached hydrogen (secondary N) is 1. The topological polar surface area (TPSA) is 83.2 Å². The maximum Gasteiger partial charge on any atom is 0.115 e. The van der Waals surface area contributed by atoms with E-state index in [0.29, 0.717) is 12.2 Å². The van der Waals surface area contributed by atoms with E-state index < -0.39 is 0 Å². The minimum atomic E-state index is -0.119. The fraction of sp³-hybridized carbons (Fsp3) is 0.125. The summed E-state index contributed by atoms with van der Waals surface area (Å²) >= 11 is 0. The number of aliphatic hydroxyl groups excluding tert-OH is 1. The Labute approximate surface area is 127 Å². The van der Waals surface area contributed by atoms with E-state index in [1.165, 1.54) is 0 Å². The third-order valence-corrected chi connectivity index (χ3v) is 3.27. The van der Waals surface area contributed by atoms with Crippen molar-refractivity contribution in [3.05, 3.63) is 66.0 Å². The molecule has 6 heteroatoms. The monoisotopic (exact) mass is 296 g/mol. The first kappa shape index (κ1) is 14.1. The molecule has 0 aliphatic carbocycles. The second-order valence-electron chi connectivity index (χ2n) is 4.88. The zero-order valence-corrected chi connectivity index (χ0v) is 11.8. The second-order valence-corrected chi connectivity index (χ2v) is 4.88. The Morgan fingerprint density at radius 2 is 1.73 bits per heavy atom. The molecule has 0 fully saturated rings. The fourth-order valence-electron chi connectivity index (χ4n) is 2.05. The van der Waals surface area contributed by atoms with Gasteiger partial charge in [0.05, 0.1) is 18.5 Å². The summed E-state index contributed by atoms with van der Waals surface area (Å²) in [4.78, 5) is 0. The molecular weight excluding hydrogens is 280 g/mol. The molecule has 1 aromatic heterocycles. The van der Waals surface area contributed by atoms with E-state index in [4.69, 9.17) is 5.11 Å². The van der Waals surface area contributed by atoms with Crippen LogP contribution in [-0.2, 0) is 13.2 Å². The van der Waals surface area contributed by atoms with Crippen LogP contribution >= 0.6 is 0 Å². The van der Waals surface area contributed by atoms with Crippen molar-refractivity contribution in [3.63, 3.8) is 0 Å². The molecule has 0 saturated carbocycles. The van der Waals surface area contributed by atoms with Gasteiger partial charge in [0.1, 0.15) is 11.4 Å². The van der Waals surface area contributed by atoms with Crippen LogP contribution in [0.25, 0.3) is 5.69 Å². The molecule has 0 saturated heterocycles. The maximum atomic E-state index is 9.25. The summed E-state index contributed by atoms with van der Waals surface area (Å²) in [6.45, 7) is 0.559. The van der Waals surface area contributed by atoms with Gasteiger partial charge in [-0.15, -0.1) is 5.10 Å². The van der Waals surface area contributed by atoms with E-state index in [1.807, 2.05) is 36.4 Å². The minimum absolute atomic E-state index is 0.119. The third-order valence-electron chi connectivity index (χ3n) is 3.27. The van der Waals surface area contributed by atoms with Crippen molar-refractivity contribution < 1.29 is 10.2 Å². The van der Waals surface area contributed by atoms with Crippen molar-refractivity contribution in [2.75, 3.05) is 5.32 Å². The number of aromatic nitrogens is 3. The fourth-order valence-corrected chi connectivity index (χ4v) is 2.05. The molecule has 6 nitrogen and oxygen atoms in total. The maximum absolute atomic E-state index is 9.25. The van der Waals surface area contributed by atoms with E-state index in [1.54, 1.807) is 23.0 Å². The molecule has 1 heterocycles. The summed E-state index contributed by atoms with van der Waals surface area (Å²) in [5.74, 6) is 0.267. The Morgan fingerprint density at radius 1 is 1.00 bits per heavy atom. The van der Waals surface area contributed by atoms with Crippen molar-refractivity contribution in [2.45, 2.75) is 13.2 Å². The molecule has 0 unspecified atom stereocenters. The molecule has 0 aliphatic rings. The molecule has 112 valence electrons. The third kappa shape index (κ3) is 3.24. The van der Waals surface area contributed by atoms with Crippen molar-refractivity contribution in [2.24, 2.45) is 0 Å². The van der Waals surface area contributed by atoms with Gasteiger partial charge in [0.15, 0.2) is 0 Å². The molecule has 0 bridgehead atoms. The van der Waals surface area contributed by atoms with Crippen molar-refractivity contribution in [1.29, 1.82) is 0 Å². The Hall–Kier alpha value is -2.86. The molecule has 0 aliphatic heterocycles. The quantitative estimate of drug-likeness (QED) is 0.671. The van der Waals surface area contributed by atoms with E-state index >= 15 is 0 Å². The van der Waals surface area contributed by atoms with Crippen LogP contribution in [-0.4, -0.2) is 25.2 Å². The number of aliphatic hydroxyl groups is 1. The molecule has 3 aromatic rings. The van der Waals surface area contributed by atoms with Gasteiger partial charge in [-0.2, -0.15) is 0 Å². The van der Waals surface area contributed by atoms with Gasteiger partial charge in [0.25, 0.3) is 0 Å². The summed E-state index contributed by atoms with van der Waals surface area (Å²) in [6, 6.07) is 14.9. The number of phenols is 1. The number of hydrogen-bond donors (Lipinski definition) is 3. The molecule has 0 atom stereocenters. The highest BCUT2D eigenvalue weighted by Crippen LogP contribution is 2.15. The van der Waals surface area contributed by atoms with Gasteiger partial charge in [-0.3, -0.25) is 0 Å². The lowest BCUT2D eigenvalue weighted by atomic mass is 10.2. The van der Waals surface area contributed by atoms with Gasteiger partial charge in [-0.05, 0) is 42.0 Å². The van der Waals surface area contributed by atoms with Gasteiger partial charge in [0, 0.05) is 12.2 Å². The summed E-state index contributed by atoms with van der Waals surface area (Å²) in [5.41, 5.74) is 3.49. The Morgan fingerprint density at radius 3 is 2.36 bits per heavy atom. The SMILES string of the molecule is OCc1cn(-c2ccc(NCc3ccc(O)cc3)cc2)nn1. The first-order valence-electron chi connectivity index (χ1n) is 6.89. The molecule has 3 N–H and O–H groups in total. The Balaban J connectivity index is 1.65. The van der Waals surface area contributed by atoms with Crippen LogP contribution in [0.5, 0.6) is 5.75 Å². The summed E-state index contributed by atoms with van der Waals surface area (Å²) < 4.78 is 1.62. The van der Waals surface area contributed by atoms with E-state index in [0.717, 1.165) is 16.9 Å². The van der Waals surface area contributed by atoms with Crippen molar-refractivity contribution >= 4 is 5.69 Å². The van der Waals surface area contributed by atoms with Gasteiger partial charge >= 0.3 is 0 Å². The number of phenolic OH excluding ortho intramolecular Hbond substituents is 1. The highest BCUT2D eigenvalue weighted by Gasteiger charge is 2.02. The van der Waals surface area contributed by atoms with Gasteiger partial charge in [-0.1, -0.05) is 17.3 Å². The molecule has 0 radical (unpaired) electrons. The molecule has 22 heavy (non-hydrogen) atoms. The van der Waals surface area contributed by atoms with Crippen LogP contribution in [0.1, 0.15) is 11.3 Å². The number of anilines is 1.